The van der Waals surface area contributed by atoms with Crippen molar-refractivity contribution >= 4 is 28.2 Å². The quantitative estimate of drug-likeness (QED) is 0.759. The van der Waals surface area contributed by atoms with Crippen LogP contribution < -0.4 is 5.32 Å². The molecule has 0 saturated carbocycles. The number of aromatic nitrogens is 1. The van der Waals surface area contributed by atoms with Crippen molar-refractivity contribution in [1.82, 2.24) is 4.98 Å². The SMILES string of the molecule is CNc1ccccc1C1=NC(=O)c2c([nH]c3ccccc23)C1. The first kappa shape index (κ1) is 12.8. The number of carbonyl (C=O) groups excluding carboxylic acids is 1. The van der Waals surface area contributed by atoms with Gasteiger partial charge in [-0.05, 0) is 12.1 Å². The van der Waals surface area contributed by atoms with Crippen LogP contribution in [0.4, 0.5) is 5.69 Å². The first-order chi connectivity index (χ1) is 10.8. The van der Waals surface area contributed by atoms with Gasteiger partial charge in [0.2, 0.25) is 0 Å². The monoisotopic (exact) mass is 289 g/mol. The molecule has 22 heavy (non-hydrogen) atoms. The van der Waals surface area contributed by atoms with Crippen LogP contribution in [-0.2, 0) is 6.42 Å². The molecule has 2 N–H and O–H groups in total. The molecule has 0 fully saturated rings. The van der Waals surface area contributed by atoms with Crippen molar-refractivity contribution in [2.24, 2.45) is 4.99 Å². The number of nitrogens with one attached hydrogen (secondary N) is 2. The number of carbonyl (C=O) groups is 1. The number of anilines is 1. The third-order valence-electron chi connectivity index (χ3n) is 4.09. The minimum Gasteiger partial charge on any atom is -0.388 e. The summed E-state index contributed by atoms with van der Waals surface area (Å²) >= 11 is 0. The lowest BCUT2D eigenvalue weighted by Gasteiger charge is -2.15. The first-order valence-corrected chi connectivity index (χ1v) is 7.26. The Kier molecular flexibility index (Phi) is 2.82. The second kappa shape index (κ2) is 4.84. The van der Waals surface area contributed by atoms with E-state index in [-0.39, 0.29) is 5.91 Å². The number of aliphatic imine (C=N–C) groups is 1. The lowest BCUT2D eigenvalue weighted by Crippen LogP contribution is -2.18. The summed E-state index contributed by atoms with van der Waals surface area (Å²) in [6.45, 7) is 0. The summed E-state index contributed by atoms with van der Waals surface area (Å²) in [6.07, 6.45) is 0.633. The standard InChI is InChI=1S/C18H15N3O/c1-19-13-8-4-2-6-11(13)15-10-16-17(18(22)21-15)12-7-3-5-9-14(12)20-16/h2-9,19-20H,10H2,1H3. The Bertz CT molecular complexity index is 921. The molecule has 0 atom stereocenters. The molecule has 1 aliphatic rings. The summed E-state index contributed by atoms with van der Waals surface area (Å²) in [5.41, 5.74) is 5.40. The molecule has 1 aromatic heterocycles. The van der Waals surface area contributed by atoms with Crippen LogP contribution in [0.25, 0.3) is 10.9 Å². The Morgan fingerprint density at radius 2 is 1.86 bits per heavy atom. The summed E-state index contributed by atoms with van der Waals surface area (Å²) in [7, 11) is 1.87. The van der Waals surface area contributed by atoms with Crippen LogP contribution in [0.2, 0.25) is 0 Å². The van der Waals surface area contributed by atoms with Crippen molar-refractivity contribution in [2.45, 2.75) is 6.42 Å². The zero-order valence-electron chi connectivity index (χ0n) is 12.2. The largest absolute Gasteiger partial charge is 0.388 e. The number of para-hydroxylation sites is 2. The normalized spacial score (nSPS) is 13.9. The van der Waals surface area contributed by atoms with Gasteiger partial charge in [0.25, 0.3) is 5.91 Å². The van der Waals surface area contributed by atoms with E-state index in [1.165, 1.54) is 0 Å². The number of hydrogen-bond donors (Lipinski definition) is 2. The van der Waals surface area contributed by atoms with Crippen molar-refractivity contribution in [1.29, 1.82) is 0 Å². The van der Waals surface area contributed by atoms with Gasteiger partial charge in [0.05, 0.1) is 11.3 Å². The molecule has 1 aliphatic heterocycles. The first-order valence-electron chi connectivity index (χ1n) is 7.26. The molecular weight excluding hydrogens is 274 g/mol. The molecule has 0 bridgehead atoms. The second-order valence-corrected chi connectivity index (χ2v) is 5.36. The van der Waals surface area contributed by atoms with Crippen LogP contribution in [0, 0.1) is 0 Å². The van der Waals surface area contributed by atoms with Gasteiger partial charge >= 0.3 is 0 Å². The third-order valence-corrected chi connectivity index (χ3v) is 4.09. The fourth-order valence-corrected chi connectivity index (χ4v) is 3.07. The van der Waals surface area contributed by atoms with Gasteiger partial charge in [-0.25, -0.2) is 4.99 Å². The molecule has 108 valence electrons. The molecule has 4 heteroatoms. The third kappa shape index (κ3) is 1.84. The van der Waals surface area contributed by atoms with E-state index in [4.69, 9.17) is 0 Å². The van der Waals surface area contributed by atoms with Crippen LogP contribution in [-0.4, -0.2) is 23.7 Å². The summed E-state index contributed by atoms with van der Waals surface area (Å²) in [5, 5.41) is 4.11. The molecule has 0 unspecified atom stereocenters. The number of hydrogen-bond acceptors (Lipinski definition) is 2. The maximum absolute atomic E-state index is 12.5. The predicted molar refractivity (Wildman–Crippen MR) is 88.9 cm³/mol. The maximum Gasteiger partial charge on any atom is 0.279 e. The van der Waals surface area contributed by atoms with Crippen molar-refractivity contribution in [3.63, 3.8) is 0 Å². The lowest BCUT2D eigenvalue weighted by atomic mass is 9.97. The highest BCUT2D eigenvalue weighted by molar-refractivity contribution is 6.20. The molecule has 0 saturated heterocycles. The van der Waals surface area contributed by atoms with Crippen molar-refractivity contribution < 1.29 is 4.79 Å². The van der Waals surface area contributed by atoms with E-state index < -0.39 is 0 Å². The van der Waals surface area contributed by atoms with Crippen LogP contribution in [0.5, 0.6) is 0 Å². The van der Waals surface area contributed by atoms with E-state index >= 15 is 0 Å². The number of aromatic amines is 1. The summed E-state index contributed by atoms with van der Waals surface area (Å²) in [6, 6.07) is 15.8. The van der Waals surface area contributed by atoms with Gasteiger partial charge in [0.15, 0.2) is 0 Å². The molecule has 0 spiro atoms. The molecule has 0 aliphatic carbocycles. The fourth-order valence-electron chi connectivity index (χ4n) is 3.07. The lowest BCUT2D eigenvalue weighted by molar-refractivity contribution is 0.100. The van der Waals surface area contributed by atoms with Gasteiger partial charge in [-0.3, -0.25) is 4.79 Å². The van der Waals surface area contributed by atoms with Gasteiger partial charge < -0.3 is 10.3 Å². The van der Waals surface area contributed by atoms with Crippen LogP contribution >= 0.6 is 0 Å². The molecule has 0 radical (unpaired) electrons. The summed E-state index contributed by atoms with van der Waals surface area (Å²) < 4.78 is 0. The Morgan fingerprint density at radius 1 is 1.09 bits per heavy atom. The highest BCUT2D eigenvalue weighted by Gasteiger charge is 2.25. The van der Waals surface area contributed by atoms with Crippen LogP contribution in [0.15, 0.2) is 53.5 Å². The minimum atomic E-state index is -0.167. The number of amides is 1. The zero-order valence-corrected chi connectivity index (χ0v) is 12.2. The molecule has 2 heterocycles. The average molecular weight is 289 g/mol. The predicted octanol–water partition coefficient (Wildman–Crippen LogP) is 3.40. The molecular formula is C18H15N3O. The average Bonchev–Trinajstić information content (AvgIpc) is 2.93. The highest BCUT2D eigenvalue weighted by Crippen LogP contribution is 2.29. The van der Waals surface area contributed by atoms with Gasteiger partial charge in [0, 0.05) is 41.3 Å². The molecule has 2 aromatic carbocycles. The molecule has 3 aromatic rings. The molecule has 1 amide bonds. The zero-order chi connectivity index (χ0) is 15.1. The summed E-state index contributed by atoms with van der Waals surface area (Å²) in [5.74, 6) is -0.167. The van der Waals surface area contributed by atoms with Gasteiger partial charge in [-0.1, -0.05) is 36.4 Å². The van der Waals surface area contributed by atoms with Crippen molar-refractivity contribution in [3.8, 4) is 0 Å². The number of rotatable bonds is 2. The van der Waals surface area contributed by atoms with Gasteiger partial charge in [-0.2, -0.15) is 0 Å². The highest BCUT2D eigenvalue weighted by atomic mass is 16.1. The number of fused-ring (bicyclic) bond motifs is 3. The van der Waals surface area contributed by atoms with Crippen LogP contribution in [0.1, 0.15) is 21.6 Å². The number of H-pyrrole nitrogens is 1. The topological polar surface area (TPSA) is 57.2 Å². The van der Waals surface area contributed by atoms with Crippen LogP contribution in [0.3, 0.4) is 0 Å². The van der Waals surface area contributed by atoms with Gasteiger partial charge in [-0.15, -0.1) is 0 Å². The second-order valence-electron chi connectivity index (χ2n) is 5.36. The Labute approximate surface area is 127 Å². The van der Waals surface area contributed by atoms with Crippen molar-refractivity contribution in [2.75, 3.05) is 12.4 Å². The Balaban J connectivity index is 1.85. The van der Waals surface area contributed by atoms with E-state index in [1.807, 2.05) is 55.6 Å². The van der Waals surface area contributed by atoms with E-state index in [2.05, 4.69) is 15.3 Å². The van der Waals surface area contributed by atoms with E-state index in [1.54, 1.807) is 0 Å². The van der Waals surface area contributed by atoms with E-state index in [0.29, 0.717) is 12.0 Å². The van der Waals surface area contributed by atoms with Crippen molar-refractivity contribution in [3.05, 3.63) is 65.4 Å². The molecule has 4 rings (SSSR count). The van der Waals surface area contributed by atoms with Gasteiger partial charge in [0.1, 0.15) is 0 Å². The Hall–Kier alpha value is -2.88. The fraction of sp³-hybridized carbons (Fsp3) is 0.111. The minimum absolute atomic E-state index is 0.167. The number of benzene rings is 2. The smallest absolute Gasteiger partial charge is 0.279 e. The van der Waals surface area contributed by atoms with E-state index in [9.17, 15) is 4.79 Å². The molecule has 4 nitrogen and oxygen atoms in total. The summed E-state index contributed by atoms with van der Waals surface area (Å²) in [4.78, 5) is 20.2. The van der Waals surface area contributed by atoms with E-state index in [0.717, 1.165) is 33.6 Å². The Morgan fingerprint density at radius 3 is 2.73 bits per heavy atom. The number of nitrogens with zero attached hydrogens (tertiary/aromatic N) is 1. The maximum atomic E-state index is 12.5.